The molecule has 0 saturated carbocycles. The molecule has 0 spiro atoms. The Morgan fingerprint density at radius 3 is 2.48 bits per heavy atom. The van der Waals surface area contributed by atoms with Gasteiger partial charge in [-0.15, -0.1) is 12.6 Å². The SMILES string of the molecule is CC(C)C1CCN(CC2CCN(c3cccc(S)c3)CC2)CC1(F)F. The molecule has 2 heterocycles. The first-order valence-electron chi connectivity index (χ1n) is 9.49. The zero-order valence-electron chi connectivity index (χ0n) is 15.3. The summed E-state index contributed by atoms with van der Waals surface area (Å²) in [7, 11) is 0. The van der Waals surface area contributed by atoms with Crippen molar-refractivity contribution in [1.82, 2.24) is 4.90 Å². The van der Waals surface area contributed by atoms with Gasteiger partial charge < -0.3 is 4.90 Å². The van der Waals surface area contributed by atoms with Crippen LogP contribution in [0.3, 0.4) is 0 Å². The summed E-state index contributed by atoms with van der Waals surface area (Å²) >= 11 is 4.41. The third-order valence-electron chi connectivity index (χ3n) is 5.86. The lowest BCUT2D eigenvalue weighted by Crippen LogP contribution is -2.51. The number of nitrogens with zero attached hydrogens (tertiary/aromatic N) is 2. The van der Waals surface area contributed by atoms with E-state index in [1.807, 2.05) is 30.9 Å². The van der Waals surface area contributed by atoms with Crippen molar-refractivity contribution in [3.63, 3.8) is 0 Å². The van der Waals surface area contributed by atoms with Crippen molar-refractivity contribution in [2.75, 3.05) is 37.6 Å². The number of likely N-dealkylation sites (tertiary alicyclic amines) is 1. The summed E-state index contributed by atoms with van der Waals surface area (Å²) in [5, 5.41) is 0. The van der Waals surface area contributed by atoms with Crippen molar-refractivity contribution >= 4 is 18.3 Å². The topological polar surface area (TPSA) is 6.48 Å². The van der Waals surface area contributed by atoms with Crippen LogP contribution in [0.5, 0.6) is 0 Å². The van der Waals surface area contributed by atoms with Crippen molar-refractivity contribution in [3.05, 3.63) is 24.3 Å². The normalized spacial score (nSPS) is 25.5. The minimum Gasteiger partial charge on any atom is -0.371 e. The lowest BCUT2D eigenvalue weighted by Gasteiger charge is -2.42. The van der Waals surface area contributed by atoms with Gasteiger partial charge in [0, 0.05) is 36.1 Å². The van der Waals surface area contributed by atoms with Crippen molar-refractivity contribution < 1.29 is 8.78 Å². The van der Waals surface area contributed by atoms with E-state index < -0.39 is 11.8 Å². The lowest BCUT2D eigenvalue weighted by atomic mass is 9.83. The van der Waals surface area contributed by atoms with Gasteiger partial charge in [0.15, 0.2) is 0 Å². The summed E-state index contributed by atoms with van der Waals surface area (Å²) in [6, 6.07) is 8.24. The molecule has 0 aromatic heterocycles. The van der Waals surface area contributed by atoms with Gasteiger partial charge in [-0.05, 0) is 55.8 Å². The number of rotatable bonds is 4. The molecule has 1 aromatic rings. The summed E-state index contributed by atoms with van der Waals surface area (Å²) < 4.78 is 28.8. The van der Waals surface area contributed by atoms with Gasteiger partial charge in [-0.25, -0.2) is 8.78 Å². The molecule has 0 bridgehead atoms. The standard InChI is InChI=1S/C20H30F2N2S/c1-15(2)19-8-9-23(14-20(19,21)22)13-16-6-10-24(11-7-16)17-4-3-5-18(25)12-17/h3-5,12,15-16,19,25H,6-11,13-14H2,1-2H3. The number of benzene rings is 1. The van der Waals surface area contributed by atoms with Gasteiger partial charge in [0.1, 0.15) is 0 Å². The Hall–Kier alpha value is -0.810. The molecule has 2 nitrogen and oxygen atoms in total. The molecule has 3 rings (SSSR count). The fraction of sp³-hybridized carbons (Fsp3) is 0.700. The fourth-order valence-electron chi connectivity index (χ4n) is 4.43. The van der Waals surface area contributed by atoms with Crippen LogP contribution in [0.1, 0.15) is 33.1 Å². The first-order chi connectivity index (χ1) is 11.8. The predicted octanol–water partition coefficient (Wildman–Crippen LogP) is 4.80. The molecule has 0 amide bonds. The van der Waals surface area contributed by atoms with Gasteiger partial charge in [0.25, 0.3) is 5.92 Å². The maximum absolute atomic E-state index is 14.4. The molecule has 0 radical (unpaired) electrons. The first kappa shape index (κ1) is 19.0. The van der Waals surface area contributed by atoms with Crippen LogP contribution in [0.2, 0.25) is 0 Å². The Morgan fingerprint density at radius 2 is 1.88 bits per heavy atom. The minimum absolute atomic E-state index is 0.0578. The molecule has 2 fully saturated rings. The van der Waals surface area contributed by atoms with Crippen LogP contribution >= 0.6 is 12.6 Å². The average molecular weight is 369 g/mol. The number of piperidine rings is 2. The smallest absolute Gasteiger partial charge is 0.263 e. The van der Waals surface area contributed by atoms with Crippen LogP contribution in [0.15, 0.2) is 29.2 Å². The van der Waals surface area contributed by atoms with E-state index in [-0.39, 0.29) is 12.5 Å². The van der Waals surface area contributed by atoms with Crippen LogP contribution in [0.4, 0.5) is 14.5 Å². The number of thiol groups is 1. The molecule has 2 saturated heterocycles. The van der Waals surface area contributed by atoms with Crippen LogP contribution in [0, 0.1) is 17.8 Å². The summed E-state index contributed by atoms with van der Waals surface area (Å²) in [5.74, 6) is -2.41. The van der Waals surface area contributed by atoms with Gasteiger partial charge in [-0.1, -0.05) is 19.9 Å². The van der Waals surface area contributed by atoms with Crippen molar-refractivity contribution in [1.29, 1.82) is 0 Å². The lowest BCUT2D eigenvalue weighted by molar-refractivity contribution is -0.127. The van der Waals surface area contributed by atoms with E-state index in [1.165, 1.54) is 5.69 Å². The van der Waals surface area contributed by atoms with E-state index in [4.69, 9.17) is 0 Å². The monoisotopic (exact) mass is 368 g/mol. The fourth-order valence-corrected chi connectivity index (χ4v) is 4.65. The van der Waals surface area contributed by atoms with Gasteiger partial charge in [0.2, 0.25) is 0 Å². The Bertz CT molecular complexity index is 571. The van der Waals surface area contributed by atoms with E-state index in [9.17, 15) is 8.78 Å². The van der Waals surface area contributed by atoms with Crippen molar-refractivity contribution in [3.8, 4) is 0 Å². The molecule has 0 aliphatic carbocycles. The predicted molar refractivity (Wildman–Crippen MR) is 103 cm³/mol. The molecular formula is C20H30F2N2S. The van der Waals surface area contributed by atoms with Gasteiger partial charge in [0.05, 0.1) is 6.54 Å². The number of alkyl halides is 2. The number of halogens is 2. The van der Waals surface area contributed by atoms with Crippen LogP contribution in [-0.2, 0) is 0 Å². The quantitative estimate of drug-likeness (QED) is 0.762. The summed E-state index contributed by atoms with van der Waals surface area (Å²) in [6.45, 7) is 7.42. The second-order valence-electron chi connectivity index (χ2n) is 8.09. The zero-order valence-corrected chi connectivity index (χ0v) is 16.2. The van der Waals surface area contributed by atoms with Gasteiger partial charge >= 0.3 is 0 Å². The average Bonchev–Trinajstić information content (AvgIpc) is 2.54. The minimum atomic E-state index is -2.54. The maximum atomic E-state index is 14.4. The van der Waals surface area contributed by atoms with E-state index in [0.29, 0.717) is 12.3 Å². The molecule has 25 heavy (non-hydrogen) atoms. The van der Waals surface area contributed by atoms with E-state index in [1.54, 1.807) is 0 Å². The van der Waals surface area contributed by atoms with Crippen molar-refractivity contribution in [2.24, 2.45) is 17.8 Å². The highest BCUT2D eigenvalue weighted by Crippen LogP contribution is 2.38. The number of hydrogen-bond donors (Lipinski definition) is 1. The second-order valence-corrected chi connectivity index (χ2v) is 8.60. The van der Waals surface area contributed by atoms with Crippen LogP contribution < -0.4 is 4.90 Å². The zero-order chi connectivity index (χ0) is 18.0. The highest BCUT2D eigenvalue weighted by molar-refractivity contribution is 7.80. The molecular weight excluding hydrogens is 338 g/mol. The highest BCUT2D eigenvalue weighted by atomic mass is 32.1. The summed E-state index contributed by atoms with van der Waals surface area (Å²) in [5.41, 5.74) is 1.22. The first-order valence-corrected chi connectivity index (χ1v) is 9.94. The maximum Gasteiger partial charge on any atom is 0.263 e. The Morgan fingerprint density at radius 1 is 1.16 bits per heavy atom. The molecule has 0 N–H and O–H groups in total. The third kappa shape index (κ3) is 4.68. The Kier molecular flexibility index (Phi) is 5.94. The number of hydrogen-bond acceptors (Lipinski definition) is 3. The van der Waals surface area contributed by atoms with Gasteiger partial charge in [-0.3, -0.25) is 4.90 Å². The Labute approximate surface area is 156 Å². The Balaban J connectivity index is 1.50. The third-order valence-corrected chi connectivity index (χ3v) is 6.14. The summed E-state index contributed by atoms with van der Waals surface area (Å²) in [6.07, 6.45) is 2.78. The molecule has 2 aliphatic heterocycles. The largest absolute Gasteiger partial charge is 0.371 e. The molecule has 1 atom stereocenters. The van der Waals surface area contributed by atoms with Gasteiger partial charge in [-0.2, -0.15) is 0 Å². The van der Waals surface area contributed by atoms with Crippen LogP contribution in [0.25, 0.3) is 0 Å². The van der Waals surface area contributed by atoms with E-state index in [0.717, 1.165) is 43.9 Å². The second kappa shape index (κ2) is 7.83. The van der Waals surface area contributed by atoms with Crippen molar-refractivity contribution in [2.45, 2.75) is 43.9 Å². The summed E-state index contributed by atoms with van der Waals surface area (Å²) in [4.78, 5) is 5.37. The molecule has 2 aliphatic rings. The molecule has 1 aromatic carbocycles. The van der Waals surface area contributed by atoms with E-state index in [2.05, 4.69) is 29.7 Å². The highest BCUT2D eigenvalue weighted by Gasteiger charge is 2.45. The number of anilines is 1. The van der Waals surface area contributed by atoms with Crippen LogP contribution in [-0.4, -0.2) is 43.5 Å². The molecule has 5 heteroatoms. The molecule has 140 valence electrons. The molecule has 1 unspecified atom stereocenters. The van der Waals surface area contributed by atoms with E-state index >= 15 is 0 Å².